The Kier molecular flexibility index (Phi) is 5.41. The van der Waals surface area contributed by atoms with Crippen LogP contribution in [-0.2, 0) is 6.54 Å². The molecule has 5 rings (SSSR count). The number of benzene rings is 2. The number of rotatable bonds is 6. The minimum absolute atomic E-state index is 0.115. The first kappa shape index (κ1) is 21.0. The molecule has 32 heavy (non-hydrogen) atoms. The fourth-order valence-corrected chi connectivity index (χ4v) is 5.47. The van der Waals surface area contributed by atoms with Gasteiger partial charge in [-0.3, -0.25) is 4.90 Å². The fourth-order valence-electron chi connectivity index (χ4n) is 5.47. The quantitative estimate of drug-likeness (QED) is 0.536. The summed E-state index contributed by atoms with van der Waals surface area (Å²) in [6.45, 7) is 3.67. The number of aromatic nitrogens is 1. The van der Waals surface area contributed by atoms with E-state index >= 15 is 0 Å². The first-order chi connectivity index (χ1) is 15.5. The van der Waals surface area contributed by atoms with E-state index in [1.807, 2.05) is 18.3 Å². The van der Waals surface area contributed by atoms with E-state index in [4.69, 9.17) is 4.74 Å². The number of H-pyrrole nitrogens is 1. The van der Waals surface area contributed by atoms with Gasteiger partial charge in [0.2, 0.25) is 0 Å². The van der Waals surface area contributed by atoms with Crippen molar-refractivity contribution >= 4 is 16.9 Å². The van der Waals surface area contributed by atoms with E-state index in [0.717, 1.165) is 59.3 Å². The van der Waals surface area contributed by atoms with Gasteiger partial charge in [0, 0.05) is 35.2 Å². The summed E-state index contributed by atoms with van der Waals surface area (Å²) >= 11 is 0. The van der Waals surface area contributed by atoms with Crippen molar-refractivity contribution in [2.75, 3.05) is 13.7 Å². The van der Waals surface area contributed by atoms with Crippen LogP contribution in [0.25, 0.3) is 10.9 Å². The lowest BCUT2D eigenvalue weighted by molar-refractivity contribution is 0.0696. The standard InChI is InChI=1S/C26H29FN2O3/c1-15-11-24(32-2)21(19-7-9-28-25(15)19)14-29-10-8-18(20-13-22(20)27)12-23(29)16-3-5-17(6-4-16)26(30)31/h3-7,9,11,18,20,22-23,28H,8,10,12-14H2,1-2H3,(H,30,31)/t18-,20?,22-,23-/m0/s1. The Hall–Kier alpha value is -2.86. The van der Waals surface area contributed by atoms with Crippen molar-refractivity contribution in [2.24, 2.45) is 11.8 Å². The summed E-state index contributed by atoms with van der Waals surface area (Å²) in [4.78, 5) is 17.1. The SMILES string of the molecule is COc1cc(C)c2[nH]ccc2c1CN1CC[C@H](C2C[C@@H]2F)C[C@H]1c1ccc(C(=O)O)cc1. The predicted molar refractivity (Wildman–Crippen MR) is 122 cm³/mol. The van der Waals surface area contributed by atoms with Gasteiger partial charge in [-0.25, -0.2) is 9.18 Å². The van der Waals surface area contributed by atoms with Crippen LogP contribution in [0.4, 0.5) is 4.39 Å². The lowest BCUT2D eigenvalue weighted by Crippen LogP contribution is -2.37. The van der Waals surface area contributed by atoms with E-state index in [1.54, 1.807) is 19.2 Å². The first-order valence-corrected chi connectivity index (χ1v) is 11.3. The summed E-state index contributed by atoms with van der Waals surface area (Å²) in [5, 5.41) is 10.4. The maximum Gasteiger partial charge on any atom is 0.335 e. The molecule has 6 heteroatoms. The van der Waals surface area contributed by atoms with Crippen molar-refractivity contribution < 1.29 is 19.0 Å². The molecule has 2 aromatic carbocycles. The lowest BCUT2D eigenvalue weighted by atomic mass is 9.83. The highest BCUT2D eigenvalue weighted by molar-refractivity contribution is 5.88. The maximum absolute atomic E-state index is 13.9. The first-order valence-electron chi connectivity index (χ1n) is 11.3. The Balaban J connectivity index is 1.49. The molecule has 0 bridgehead atoms. The van der Waals surface area contributed by atoms with Crippen LogP contribution in [0.2, 0.25) is 0 Å². The van der Waals surface area contributed by atoms with E-state index in [9.17, 15) is 14.3 Å². The van der Waals surface area contributed by atoms with Gasteiger partial charge in [-0.05, 0) is 80.0 Å². The number of aromatic amines is 1. The van der Waals surface area contributed by atoms with Crippen molar-refractivity contribution in [2.45, 2.75) is 44.9 Å². The number of methoxy groups -OCH3 is 1. The van der Waals surface area contributed by atoms with Gasteiger partial charge in [-0.15, -0.1) is 0 Å². The van der Waals surface area contributed by atoms with Crippen LogP contribution in [0, 0.1) is 18.8 Å². The second kappa shape index (κ2) is 8.24. The molecule has 3 aromatic rings. The van der Waals surface area contributed by atoms with Crippen LogP contribution in [0.15, 0.2) is 42.6 Å². The van der Waals surface area contributed by atoms with Crippen molar-refractivity contribution in [1.29, 1.82) is 0 Å². The Bertz CT molecular complexity index is 1140. The smallest absolute Gasteiger partial charge is 0.335 e. The largest absolute Gasteiger partial charge is 0.496 e. The zero-order valence-corrected chi connectivity index (χ0v) is 18.5. The number of halogens is 1. The van der Waals surface area contributed by atoms with E-state index < -0.39 is 12.1 Å². The van der Waals surface area contributed by atoms with Gasteiger partial charge < -0.3 is 14.8 Å². The minimum Gasteiger partial charge on any atom is -0.496 e. The predicted octanol–water partition coefficient (Wildman–Crippen LogP) is 5.49. The third kappa shape index (κ3) is 3.77. The van der Waals surface area contributed by atoms with E-state index in [2.05, 4.69) is 28.9 Å². The van der Waals surface area contributed by atoms with Gasteiger partial charge >= 0.3 is 5.97 Å². The Morgan fingerprint density at radius 1 is 1.25 bits per heavy atom. The van der Waals surface area contributed by atoms with Gasteiger partial charge in [0.1, 0.15) is 11.9 Å². The number of likely N-dealkylation sites (tertiary alicyclic amines) is 1. The molecular weight excluding hydrogens is 407 g/mol. The monoisotopic (exact) mass is 436 g/mol. The van der Waals surface area contributed by atoms with Crippen LogP contribution >= 0.6 is 0 Å². The molecule has 1 aliphatic heterocycles. The molecule has 1 saturated carbocycles. The molecule has 0 amide bonds. The normalized spacial score (nSPS) is 25.7. The van der Waals surface area contributed by atoms with Crippen LogP contribution in [-0.4, -0.2) is 40.8 Å². The summed E-state index contributed by atoms with van der Waals surface area (Å²) in [7, 11) is 1.71. The number of fused-ring (bicyclic) bond motifs is 1. The topological polar surface area (TPSA) is 65.6 Å². The summed E-state index contributed by atoms with van der Waals surface area (Å²) in [5.74, 6) is 0.510. The molecule has 2 fully saturated rings. The Morgan fingerprint density at radius 3 is 2.66 bits per heavy atom. The zero-order chi connectivity index (χ0) is 22.4. The minimum atomic E-state index is -0.924. The average molecular weight is 437 g/mol. The Labute approximate surface area is 187 Å². The number of hydrogen-bond acceptors (Lipinski definition) is 3. The molecule has 2 aliphatic rings. The molecule has 2 heterocycles. The number of aromatic carboxylic acids is 1. The summed E-state index contributed by atoms with van der Waals surface area (Å²) in [5.41, 5.74) is 4.79. The molecule has 168 valence electrons. The fraction of sp³-hybridized carbons (Fsp3) is 0.423. The summed E-state index contributed by atoms with van der Waals surface area (Å²) < 4.78 is 19.6. The number of alkyl halides is 1. The molecule has 1 aromatic heterocycles. The highest BCUT2D eigenvalue weighted by atomic mass is 19.1. The third-order valence-corrected chi connectivity index (χ3v) is 7.35. The van der Waals surface area contributed by atoms with Crippen molar-refractivity contribution in [3.63, 3.8) is 0 Å². The number of nitrogens with one attached hydrogen (secondary N) is 1. The van der Waals surface area contributed by atoms with Gasteiger partial charge in [0.05, 0.1) is 12.7 Å². The van der Waals surface area contributed by atoms with Crippen molar-refractivity contribution in [1.82, 2.24) is 9.88 Å². The molecule has 1 unspecified atom stereocenters. The molecule has 0 radical (unpaired) electrons. The summed E-state index contributed by atoms with van der Waals surface area (Å²) in [6.07, 6.45) is 3.87. The average Bonchev–Trinajstić information content (AvgIpc) is 3.31. The highest BCUT2D eigenvalue weighted by Crippen LogP contribution is 2.49. The van der Waals surface area contributed by atoms with Gasteiger partial charge in [-0.1, -0.05) is 12.1 Å². The van der Waals surface area contributed by atoms with Crippen molar-refractivity contribution in [3.05, 3.63) is 64.8 Å². The number of carbonyl (C=O) groups is 1. The van der Waals surface area contributed by atoms with Crippen LogP contribution in [0.3, 0.4) is 0 Å². The molecular formula is C26H29FN2O3. The molecule has 0 spiro atoms. The second-order valence-corrected chi connectivity index (χ2v) is 9.25. The Morgan fingerprint density at radius 2 is 2.00 bits per heavy atom. The number of ether oxygens (including phenoxy) is 1. The third-order valence-electron chi connectivity index (χ3n) is 7.35. The van der Waals surface area contributed by atoms with Gasteiger partial charge in [0.15, 0.2) is 0 Å². The summed E-state index contributed by atoms with van der Waals surface area (Å²) in [6, 6.07) is 11.5. The van der Waals surface area contributed by atoms with Crippen LogP contribution < -0.4 is 4.74 Å². The number of hydrogen-bond donors (Lipinski definition) is 2. The van der Waals surface area contributed by atoms with Crippen molar-refractivity contribution in [3.8, 4) is 5.75 Å². The molecule has 1 aliphatic carbocycles. The number of aryl methyl sites for hydroxylation is 1. The number of carboxylic acids is 1. The van der Waals surface area contributed by atoms with E-state index in [1.165, 1.54) is 0 Å². The van der Waals surface area contributed by atoms with Crippen LogP contribution in [0.1, 0.15) is 52.4 Å². The molecule has 4 atom stereocenters. The maximum atomic E-state index is 13.9. The zero-order valence-electron chi connectivity index (χ0n) is 18.5. The van der Waals surface area contributed by atoms with E-state index in [-0.39, 0.29) is 17.5 Å². The van der Waals surface area contributed by atoms with Gasteiger partial charge in [-0.2, -0.15) is 0 Å². The number of carboxylic acid groups (broad SMARTS) is 1. The van der Waals surface area contributed by atoms with E-state index in [0.29, 0.717) is 12.3 Å². The van der Waals surface area contributed by atoms with Gasteiger partial charge in [0.25, 0.3) is 0 Å². The molecule has 2 N–H and O–H groups in total. The molecule has 1 saturated heterocycles. The van der Waals surface area contributed by atoms with Crippen LogP contribution in [0.5, 0.6) is 5.75 Å². The highest BCUT2D eigenvalue weighted by Gasteiger charge is 2.46. The second-order valence-electron chi connectivity index (χ2n) is 9.25. The molecule has 5 nitrogen and oxygen atoms in total. The lowest BCUT2D eigenvalue weighted by Gasteiger charge is -2.40. The number of nitrogens with zero attached hydrogens (tertiary/aromatic N) is 1. The number of piperidine rings is 1.